The predicted molar refractivity (Wildman–Crippen MR) is 292 cm³/mol. The highest BCUT2D eigenvalue weighted by Gasteiger charge is 2.48. The number of phenols is 1. The van der Waals surface area contributed by atoms with E-state index in [-0.39, 0.29) is 79.4 Å². The van der Waals surface area contributed by atoms with Gasteiger partial charge in [-0.1, -0.05) is 78.3 Å². The second-order valence-corrected chi connectivity index (χ2v) is 20.9. The number of unbranched alkanes of at least 4 members (excludes halogenated alkanes) is 2. The summed E-state index contributed by atoms with van der Waals surface area (Å²) < 4.78 is 17.2. The van der Waals surface area contributed by atoms with Gasteiger partial charge in [0.25, 0.3) is 5.91 Å². The van der Waals surface area contributed by atoms with E-state index >= 15 is 0 Å². The van der Waals surface area contributed by atoms with Crippen molar-refractivity contribution in [1.82, 2.24) is 30.7 Å². The molecular formula is C60H67ClN6O9. The van der Waals surface area contributed by atoms with Crippen LogP contribution < -0.4 is 25.4 Å². The van der Waals surface area contributed by atoms with Crippen molar-refractivity contribution in [1.29, 1.82) is 0 Å². The number of methoxy groups -OCH3 is 1. The van der Waals surface area contributed by atoms with Crippen LogP contribution in [0.4, 0.5) is 4.79 Å². The van der Waals surface area contributed by atoms with Gasteiger partial charge in [-0.3, -0.25) is 19.2 Å². The molecule has 1 aromatic heterocycles. The third-order valence-corrected chi connectivity index (χ3v) is 15.2. The van der Waals surface area contributed by atoms with Gasteiger partial charge in [-0.2, -0.15) is 0 Å². The Balaban J connectivity index is 0.837. The lowest BCUT2D eigenvalue weighted by Gasteiger charge is -2.40. The number of carbonyl (C=O) groups is 5. The first-order valence-corrected chi connectivity index (χ1v) is 26.8. The number of likely N-dealkylation sites (tertiary alicyclic amines) is 2. The minimum Gasteiger partial charge on any atom is -0.508 e. The molecule has 15 nitrogen and oxygen atoms in total. The quantitative estimate of drug-likeness (QED) is 0.0438. The highest BCUT2D eigenvalue weighted by Crippen LogP contribution is 2.45. The maximum absolute atomic E-state index is 14.9. The van der Waals surface area contributed by atoms with Crippen molar-refractivity contribution in [3.8, 4) is 28.4 Å². The zero-order chi connectivity index (χ0) is 53.3. The van der Waals surface area contributed by atoms with Crippen LogP contribution in [0.15, 0.2) is 115 Å². The summed E-state index contributed by atoms with van der Waals surface area (Å²) in [4.78, 5) is 77.0. The Labute approximate surface area is 448 Å². The van der Waals surface area contributed by atoms with Crippen LogP contribution in [0.1, 0.15) is 84.5 Å². The number of aromatic nitrogens is 1. The molecule has 0 saturated carbocycles. The standard InChI is InChI=1S/C60H67ClN6O9/c1-37(2)76-54-24-21-39(28-55(54)74-3)59(72)67-33-41-32-66(56(69)29-40-31-64-53-30-42(61)22-23-44(40)53)35-50(49(41)34-67)57(70)65-52(20-12-14-38-13-11-15-43(68)27-38)58(71)62-25-9-4-10-26-63-60(73)75-36-51-47-18-7-5-16-45(47)46-17-6-8-19-48(46)51/h5-8,11,13,15-19,21-24,27-28,30-31,37,41,49-52,64,68H,4,9-10,12,14,20,25-26,29,32-36H2,1-3H3,(H,62,71)(H,63,73)(H,65,70)/t41?,49?,50?,52-/m0/s1. The van der Waals surface area contributed by atoms with Gasteiger partial charge in [0.1, 0.15) is 18.4 Å². The zero-order valence-corrected chi connectivity index (χ0v) is 44.1. The number of ether oxygens (including phenoxy) is 3. The van der Waals surface area contributed by atoms with Crippen molar-refractivity contribution in [2.45, 2.75) is 76.9 Å². The average molecular weight is 1050 g/mol. The molecule has 2 saturated heterocycles. The first kappa shape index (κ1) is 53.3. The molecule has 2 fully saturated rings. The predicted octanol–water partition coefficient (Wildman–Crippen LogP) is 9.04. The molecule has 2 aliphatic heterocycles. The molecule has 3 unspecified atom stereocenters. The summed E-state index contributed by atoms with van der Waals surface area (Å²) in [5.74, 6) is -1.26. The highest BCUT2D eigenvalue weighted by molar-refractivity contribution is 6.31. The van der Waals surface area contributed by atoms with Gasteiger partial charge in [-0.05, 0) is 140 Å². The maximum atomic E-state index is 14.9. The lowest BCUT2D eigenvalue weighted by Crippen LogP contribution is -2.56. The Bertz CT molecular complexity index is 3020. The molecule has 4 atom stereocenters. The summed E-state index contributed by atoms with van der Waals surface area (Å²) in [6.45, 7) is 5.89. The number of alkyl carbamates (subject to hydrolysis) is 1. The smallest absolute Gasteiger partial charge is 0.407 e. The highest BCUT2D eigenvalue weighted by atomic mass is 35.5. The largest absolute Gasteiger partial charge is 0.508 e. The molecular weight excluding hydrogens is 984 g/mol. The molecule has 0 bridgehead atoms. The number of piperidine rings is 1. The van der Waals surface area contributed by atoms with Crippen LogP contribution >= 0.6 is 11.6 Å². The molecule has 5 aromatic carbocycles. The van der Waals surface area contributed by atoms with E-state index in [1.165, 1.54) is 7.11 Å². The lowest BCUT2D eigenvalue weighted by molar-refractivity contribution is -0.140. The minimum atomic E-state index is -0.902. The third kappa shape index (κ3) is 12.6. The summed E-state index contributed by atoms with van der Waals surface area (Å²) in [5, 5.41) is 20.6. The number of halogens is 1. The first-order valence-electron chi connectivity index (χ1n) is 26.5. The Morgan fingerprint density at radius 3 is 2.25 bits per heavy atom. The molecule has 5 amide bonds. The van der Waals surface area contributed by atoms with Crippen LogP contribution in [-0.4, -0.2) is 115 Å². The van der Waals surface area contributed by atoms with Crippen LogP contribution in [0.25, 0.3) is 22.0 Å². The van der Waals surface area contributed by atoms with E-state index in [2.05, 4.69) is 45.2 Å². The number of fused-ring (bicyclic) bond motifs is 5. The maximum Gasteiger partial charge on any atom is 0.407 e. The van der Waals surface area contributed by atoms with Crippen molar-refractivity contribution in [3.05, 3.63) is 148 Å². The van der Waals surface area contributed by atoms with Crippen molar-refractivity contribution < 1.29 is 43.3 Å². The van der Waals surface area contributed by atoms with E-state index in [1.807, 2.05) is 62.5 Å². The van der Waals surface area contributed by atoms with Crippen LogP contribution in [0, 0.1) is 17.8 Å². The second kappa shape index (κ2) is 24.4. The fourth-order valence-corrected chi connectivity index (χ4v) is 11.4. The number of aromatic hydroxyl groups is 1. The van der Waals surface area contributed by atoms with E-state index in [9.17, 15) is 29.1 Å². The molecule has 5 N–H and O–H groups in total. The summed E-state index contributed by atoms with van der Waals surface area (Å²) >= 11 is 6.26. The minimum absolute atomic E-state index is 0.0302. The van der Waals surface area contributed by atoms with E-state index in [0.29, 0.717) is 80.4 Å². The molecule has 0 spiro atoms. The summed E-state index contributed by atoms with van der Waals surface area (Å²) in [5.41, 5.74) is 7.55. The van der Waals surface area contributed by atoms with E-state index in [4.69, 9.17) is 25.8 Å². The van der Waals surface area contributed by atoms with Gasteiger partial charge < -0.3 is 50.1 Å². The Kier molecular flexibility index (Phi) is 17.1. The molecule has 398 valence electrons. The van der Waals surface area contributed by atoms with E-state index < -0.39 is 18.1 Å². The van der Waals surface area contributed by atoms with Gasteiger partial charge in [0.15, 0.2) is 11.5 Å². The number of hydrogen-bond donors (Lipinski definition) is 5. The number of aryl methyl sites for hydroxylation is 1. The summed E-state index contributed by atoms with van der Waals surface area (Å²) in [7, 11) is 1.53. The fraction of sp³-hybridized carbons (Fsp3) is 0.383. The number of nitrogens with zero attached hydrogens (tertiary/aromatic N) is 2. The number of nitrogens with one attached hydrogen (secondary N) is 4. The van der Waals surface area contributed by atoms with Gasteiger partial charge in [-0.25, -0.2) is 4.79 Å². The number of phenolic OH excluding ortho intramolecular Hbond substituents is 1. The van der Waals surface area contributed by atoms with Gasteiger partial charge in [0.2, 0.25) is 17.7 Å². The molecule has 3 heterocycles. The molecule has 9 rings (SSSR count). The second-order valence-electron chi connectivity index (χ2n) is 20.5. The number of amides is 5. The monoisotopic (exact) mass is 1050 g/mol. The van der Waals surface area contributed by atoms with Gasteiger partial charge in [0.05, 0.1) is 25.6 Å². The van der Waals surface area contributed by atoms with Gasteiger partial charge >= 0.3 is 6.09 Å². The summed E-state index contributed by atoms with van der Waals surface area (Å²) in [6.07, 6.45) is 4.76. The Hall–Kier alpha value is -7.52. The van der Waals surface area contributed by atoms with Crippen LogP contribution in [0.2, 0.25) is 5.02 Å². The third-order valence-electron chi connectivity index (χ3n) is 15.0. The average Bonchev–Trinajstić information content (AvgIpc) is 4.13. The first-order chi connectivity index (χ1) is 36.8. The van der Waals surface area contributed by atoms with Crippen molar-refractivity contribution in [2.75, 3.05) is 53.0 Å². The lowest BCUT2D eigenvalue weighted by atomic mass is 9.79. The molecule has 76 heavy (non-hydrogen) atoms. The number of benzene rings is 5. The topological polar surface area (TPSA) is 192 Å². The van der Waals surface area contributed by atoms with Crippen LogP contribution in [0.3, 0.4) is 0 Å². The van der Waals surface area contributed by atoms with Crippen molar-refractivity contribution >= 4 is 52.2 Å². The molecule has 16 heteroatoms. The van der Waals surface area contributed by atoms with Gasteiger partial charge in [0, 0.05) is 72.9 Å². The molecule has 6 aromatic rings. The molecule has 3 aliphatic rings. The number of H-pyrrole nitrogens is 1. The number of hydrogen-bond acceptors (Lipinski definition) is 9. The van der Waals surface area contributed by atoms with Crippen molar-refractivity contribution in [2.24, 2.45) is 17.8 Å². The van der Waals surface area contributed by atoms with Crippen LogP contribution in [-0.2, 0) is 32.0 Å². The number of carbonyl (C=O) groups excluding carboxylic acids is 5. The normalized spacial score (nSPS) is 17.1. The number of aromatic amines is 1. The van der Waals surface area contributed by atoms with Crippen LogP contribution in [0.5, 0.6) is 17.2 Å². The van der Waals surface area contributed by atoms with E-state index in [0.717, 1.165) is 50.7 Å². The Morgan fingerprint density at radius 1 is 0.776 bits per heavy atom. The summed E-state index contributed by atoms with van der Waals surface area (Å²) in [6, 6.07) is 33.1. The number of rotatable bonds is 21. The van der Waals surface area contributed by atoms with Crippen molar-refractivity contribution in [3.63, 3.8) is 0 Å². The van der Waals surface area contributed by atoms with E-state index in [1.54, 1.807) is 52.3 Å². The molecule has 0 radical (unpaired) electrons. The fourth-order valence-electron chi connectivity index (χ4n) is 11.2. The SMILES string of the molecule is COc1cc(C(=O)N2CC3CN(C(=O)Cc4c[nH]c5cc(Cl)ccc45)CC(C(=O)N[C@@H](CCCc4cccc(O)c4)C(=O)NCCCCCNC(=O)OCC4c5ccccc5-c5ccccc54)C3C2)ccc1OC(C)C. The Morgan fingerprint density at radius 2 is 1.51 bits per heavy atom. The molecule has 1 aliphatic carbocycles. The van der Waals surface area contributed by atoms with Gasteiger partial charge in [-0.15, -0.1) is 0 Å². The zero-order valence-electron chi connectivity index (χ0n) is 43.3.